The van der Waals surface area contributed by atoms with Crippen molar-refractivity contribution in [2.24, 2.45) is 10.9 Å². The first kappa shape index (κ1) is 16.6. The van der Waals surface area contributed by atoms with E-state index in [1.807, 2.05) is 6.26 Å². The molecule has 0 aromatic heterocycles. The average Bonchev–Trinajstić information content (AvgIpc) is 2.60. The monoisotopic (exact) mass is 342 g/mol. The Kier molecular flexibility index (Phi) is 4.63. The molecule has 2 atom stereocenters. The van der Waals surface area contributed by atoms with Gasteiger partial charge in [0, 0.05) is 18.1 Å². The first-order valence-corrected chi connectivity index (χ1v) is 8.98. The molecule has 1 fully saturated rings. The van der Waals surface area contributed by atoms with Crippen LogP contribution in [0.1, 0.15) is 30.7 Å². The maximum absolute atomic E-state index is 12.6. The molecular weight excluding hydrogens is 324 g/mol. The lowest BCUT2D eigenvalue weighted by atomic mass is 9.70. The zero-order valence-corrected chi connectivity index (χ0v) is 14.4. The number of aromatic hydroxyl groups is 1. The molecule has 2 aliphatic rings. The molecule has 0 spiro atoms. The van der Waals surface area contributed by atoms with Crippen molar-refractivity contribution in [3.05, 3.63) is 34.4 Å². The second-order valence-electron chi connectivity index (χ2n) is 5.84. The number of ether oxygens (including phenoxy) is 1. The molecule has 3 rings (SSSR count). The summed E-state index contributed by atoms with van der Waals surface area (Å²) < 4.78 is 5.19. The Morgan fingerprint density at radius 1 is 1.38 bits per heavy atom. The number of carbonyl (C=O) groups excluding carboxylic acids is 1. The largest absolute Gasteiger partial charge is 0.504 e. The summed E-state index contributed by atoms with van der Waals surface area (Å²) in [6.45, 7) is 0. The highest BCUT2D eigenvalue weighted by atomic mass is 32.2. The molecule has 0 radical (unpaired) electrons. The van der Waals surface area contributed by atoms with Gasteiger partial charge in [-0.3, -0.25) is 4.79 Å². The van der Waals surface area contributed by atoms with Gasteiger partial charge in [-0.05, 0) is 36.8 Å². The van der Waals surface area contributed by atoms with Gasteiger partial charge in [0.25, 0.3) is 0 Å². The fourth-order valence-corrected chi connectivity index (χ4v) is 4.06. The predicted molar refractivity (Wildman–Crippen MR) is 93.3 cm³/mol. The maximum Gasteiger partial charge on any atom is 0.160 e. The molecule has 1 N–H and O–H groups in total. The minimum absolute atomic E-state index is 0.0356. The second kappa shape index (κ2) is 6.70. The lowest BCUT2D eigenvalue weighted by molar-refractivity contribution is -0.121. The molecule has 0 amide bonds. The SMILES string of the molecule is COc1cc([C@@H]2C(C#N)=C(SC)N=C3CCCC(=O)[C@@H]32)ccc1O. The lowest BCUT2D eigenvalue weighted by Gasteiger charge is -2.34. The number of nitriles is 1. The van der Waals surface area contributed by atoms with Gasteiger partial charge < -0.3 is 9.84 Å². The normalized spacial score (nSPS) is 23.4. The number of rotatable bonds is 3. The van der Waals surface area contributed by atoms with Gasteiger partial charge in [0.1, 0.15) is 10.8 Å². The van der Waals surface area contributed by atoms with E-state index in [0.29, 0.717) is 22.8 Å². The molecular formula is C18H18N2O3S. The number of benzene rings is 1. The number of nitrogens with zero attached hydrogens (tertiary/aromatic N) is 2. The lowest BCUT2D eigenvalue weighted by Crippen LogP contribution is -2.37. The Morgan fingerprint density at radius 2 is 2.17 bits per heavy atom. The van der Waals surface area contributed by atoms with E-state index < -0.39 is 5.92 Å². The quantitative estimate of drug-likeness (QED) is 0.910. The number of allylic oxidation sites excluding steroid dienone is 1. The molecule has 1 aliphatic heterocycles. The predicted octanol–water partition coefficient (Wildman–Crippen LogP) is 3.41. The number of ketones is 1. The zero-order chi connectivity index (χ0) is 17.3. The Morgan fingerprint density at radius 3 is 2.83 bits per heavy atom. The van der Waals surface area contributed by atoms with Gasteiger partial charge in [0.05, 0.1) is 24.7 Å². The van der Waals surface area contributed by atoms with Crippen molar-refractivity contribution >= 4 is 23.3 Å². The van der Waals surface area contributed by atoms with Crippen molar-refractivity contribution < 1.29 is 14.6 Å². The Labute approximate surface area is 145 Å². The fourth-order valence-electron chi connectivity index (χ4n) is 3.45. The topological polar surface area (TPSA) is 82.7 Å². The van der Waals surface area contributed by atoms with Crippen molar-refractivity contribution in [1.29, 1.82) is 5.26 Å². The number of thioether (sulfide) groups is 1. The number of aliphatic imine (C=N–C) groups is 1. The van der Waals surface area contributed by atoms with Crippen molar-refractivity contribution in [2.45, 2.75) is 25.2 Å². The van der Waals surface area contributed by atoms with Gasteiger partial charge >= 0.3 is 0 Å². The van der Waals surface area contributed by atoms with Gasteiger partial charge in [0.15, 0.2) is 11.5 Å². The van der Waals surface area contributed by atoms with Crippen molar-refractivity contribution in [3.8, 4) is 17.6 Å². The first-order chi connectivity index (χ1) is 11.6. The van der Waals surface area contributed by atoms with E-state index in [9.17, 15) is 15.2 Å². The van der Waals surface area contributed by atoms with Crippen molar-refractivity contribution in [2.75, 3.05) is 13.4 Å². The van der Waals surface area contributed by atoms with E-state index >= 15 is 0 Å². The molecule has 0 unspecified atom stereocenters. The van der Waals surface area contributed by atoms with Crippen molar-refractivity contribution in [3.63, 3.8) is 0 Å². The number of carbonyl (C=O) groups is 1. The Hall–Kier alpha value is -2.26. The number of fused-ring (bicyclic) bond motifs is 1. The summed E-state index contributed by atoms with van der Waals surface area (Å²) in [5.41, 5.74) is 2.17. The van der Waals surface area contributed by atoms with Crippen LogP contribution < -0.4 is 4.74 Å². The summed E-state index contributed by atoms with van der Waals surface area (Å²) in [5.74, 6) is -0.257. The summed E-state index contributed by atoms with van der Waals surface area (Å²) in [5, 5.41) is 20.2. The average molecular weight is 342 g/mol. The minimum Gasteiger partial charge on any atom is -0.504 e. The highest BCUT2D eigenvalue weighted by molar-refractivity contribution is 8.02. The molecule has 1 aromatic rings. The summed E-state index contributed by atoms with van der Waals surface area (Å²) in [4.78, 5) is 17.2. The van der Waals surface area contributed by atoms with Crippen LogP contribution in [0.2, 0.25) is 0 Å². The van der Waals surface area contributed by atoms with Gasteiger partial charge in [-0.1, -0.05) is 6.07 Å². The molecule has 0 bridgehead atoms. The Balaban J connectivity index is 2.18. The summed E-state index contributed by atoms with van der Waals surface area (Å²) in [7, 11) is 1.48. The molecule has 1 aliphatic carbocycles. The maximum atomic E-state index is 12.6. The molecule has 5 nitrogen and oxygen atoms in total. The van der Waals surface area contributed by atoms with Crippen LogP contribution in [0.3, 0.4) is 0 Å². The van der Waals surface area contributed by atoms with E-state index in [1.165, 1.54) is 18.9 Å². The third-order valence-corrected chi connectivity index (χ3v) is 5.26. The highest BCUT2D eigenvalue weighted by Crippen LogP contribution is 2.45. The van der Waals surface area contributed by atoms with E-state index in [-0.39, 0.29) is 17.5 Å². The van der Waals surface area contributed by atoms with Crippen LogP contribution in [0.25, 0.3) is 0 Å². The standard InChI is InChI=1S/C18H18N2O3S/c1-23-15-8-10(6-7-13(15)21)16-11(9-19)18(24-2)20-12-4-3-5-14(22)17(12)16/h6-8,16-17,21H,3-5H2,1-2H3/t16-,17-/m1/s1. The summed E-state index contributed by atoms with van der Waals surface area (Å²) in [6, 6.07) is 7.26. The van der Waals surface area contributed by atoms with Gasteiger partial charge in [-0.2, -0.15) is 5.26 Å². The third kappa shape index (κ3) is 2.69. The summed E-state index contributed by atoms with van der Waals surface area (Å²) in [6.07, 6.45) is 3.99. The van der Waals surface area contributed by atoms with Gasteiger partial charge in [-0.15, -0.1) is 11.8 Å². The molecule has 24 heavy (non-hydrogen) atoms. The number of phenols is 1. The minimum atomic E-state index is -0.390. The molecule has 1 heterocycles. The van der Waals surface area contributed by atoms with Crippen LogP contribution in [-0.2, 0) is 4.79 Å². The van der Waals surface area contributed by atoms with E-state index in [2.05, 4.69) is 11.1 Å². The number of Topliss-reactive ketones (excluding diaryl/α,β-unsaturated/α-hetero) is 1. The molecule has 1 saturated carbocycles. The summed E-state index contributed by atoms with van der Waals surface area (Å²) >= 11 is 1.42. The molecule has 124 valence electrons. The number of hydrogen-bond acceptors (Lipinski definition) is 6. The van der Waals surface area contributed by atoms with Crippen molar-refractivity contribution in [1.82, 2.24) is 0 Å². The number of hydrogen-bond donors (Lipinski definition) is 1. The van der Waals surface area contributed by atoms with E-state index in [0.717, 1.165) is 24.1 Å². The van der Waals surface area contributed by atoms with Crippen LogP contribution in [0.15, 0.2) is 33.8 Å². The zero-order valence-electron chi connectivity index (χ0n) is 13.6. The van der Waals surface area contributed by atoms with Crippen LogP contribution in [-0.4, -0.2) is 30.0 Å². The number of phenolic OH excluding ortho intramolecular Hbond substituents is 1. The molecule has 1 aromatic carbocycles. The number of methoxy groups -OCH3 is 1. The molecule has 0 saturated heterocycles. The van der Waals surface area contributed by atoms with Crippen LogP contribution in [0.5, 0.6) is 11.5 Å². The van der Waals surface area contributed by atoms with Gasteiger partial charge in [-0.25, -0.2) is 4.99 Å². The Bertz CT molecular complexity index is 792. The fraction of sp³-hybridized carbons (Fsp3) is 0.389. The van der Waals surface area contributed by atoms with Gasteiger partial charge in [0.2, 0.25) is 0 Å². The van der Waals surface area contributed by atoms with E-state index in [1.54, 1.807) is 18.2 Å². The third-order valence-electron chi connectivity index (χ3n) is 4.56. The highest BCUT2D eigenvalue weighted by Gasteiger charge is 2.42. The van der Waals surface area contributed by atoms with E-state index in [4.69, 9.17) is 4.74 Å². The smallest absolute Gasteiger partial charge is 0.160 e. The van der Waals surface area contributed by atoms with Crippen LogP contribution >= 0.6 is 11.8 Å². The second-order valence-corrected chi connectivity index (χ2v) is 6.64. The first-order valence-electron chi connectivity index (χ1n) is 7.76. The van der Waals surface area contributed by atoms with Crippen LogP contribution in [0, 0.1) is 17.2 Å². The molecule has 6 heteroatoms. The van der Waals surface area contributed by atoms with Crippen LogP contribution in [0.4, 0.5) is 0 Å².